The van der Waals surface area contributed by atoms with E-state index in [9.17, 15) is 4.79 Å². The van der Waals surface area contributed by atoms with Crippen molar-refractivity contribution in [2.24, 2.45) is 0 Å². The Labute approximate surface area is 114 Å². The first-order valence-electron chi connectivity index (χ1n) is 5.94. The van der Waals surface area contributed by atoms with Gasteiger partial charge in [0.25, 0.3) is 0 Å². The molecule has 1 unspecified atom stereocenters. The maximum Gasteiger partial charge on any atom is 0.233 e. The zero-order valence-electron chi connectivity index (χ0n) is 10.4. The van der Waals surface area contributed by atoms with Crippen LogP contribution >= 0.6 is 12.4 Å². The van der Waals surface area contributed by atoms with Crippen LogP contribution in [0.2, 0.25) is 0 Å². The van der Waals surface area contributed by atoms with E-state index < -0.39 is 0 Å². The molecule has 1 amide bonds. The molecule has 1 aromatic carbocycles. The second-order valence-corrected chi connectivity index (χ2v) is 4.21. The van der Waals surface area contributed by atoms with E-state index in [0.717, 1.165) is 18.8 Å². The summed E-state index contributed by atoms with van der Waals surface area (Å²) in [6, 6.07) is 8.04. The van der Waals surface area contributed by atoms with Crippen molar-refractivity contribution >= 4 is 18.3 Å². The molecule has 0 saturated carbocycles. The van der Waals surface area contributed by atoms with Gasteiger partial charge in [-0.2, -0.15) is 0 Å². The normalized spacial score (nSPS) is 17.1. The fourth-order valence-corrected chi connectivity index (χ4v) is 2.09. The molecule has 2 N–H and O–H groups in total. The first kappa shape index (κ1) is 14.8. The second-order valence-electron chi connectivity index (χ2n) is 4.21. The van der Waals surface area contributed by atoms with E-state index in [-0.39, 0.29) is 18.3 Å². The number of hydrogen-bond donors (Lipinski definition) is 2. The highest BCUT2D eigenvalue weighted by Crippen LogP contribution is 2.32. The van der Waals surface area contributed by atoms with Gasteiger partial charge in [-0.25, -0.2) is 0 Å². The minimum absolute atomic E-state index is 0. The van der Waals surface area contributed by atoms with Crippen molar-refractivity contribution in [3.8, 4) is 5.75 Å². The molecule has 100 valence electrons. The third kappa shape index (κ3) is 3.62. The number of para-hydroxylation sites is 1. The molecule has 18 heavy (non-hydrogen) atoms. The Balaban J connectivity index is 0.00000162. The Morgan fingerprint density at radius 3 is 3.00 bits per heavy atom. The summed E-state index contributed by atoms with van der Waals surface area (Å²) >= 11 is 0. The zero-order valence-corrected chi connectivity index (χ0v) is 11.3. The Morgan fingerprint density at radius 1 is 1.44 bits per heavy atom. The summed E-state index contributed by atoms with van der Waals surface area (Å²) in [6.07, 6.45) is 0.955. The van der Waals surface area contributed by atoms with Gasteiger partial charge in [0.2, 0.25) is 5.91 Å². The van der Waals surface area contributed by atoms with Crippen LogP contribution in [0.4, 0.5) is 0 Å². The lowest BCUT2D eigenvalue weighted by Gasteiger charge is -2.25. The average Bonchev–Trinajstić information content (AvgIpc) is 2.36. The number of amides is 1. The van der Waals surface area contributed by atoms with E-state index in [4.69, 9.17) is 4.74 Å². The number of nitrogens with one attached hydrogen (secondary N) is 2. The summed E-state index contributed by atoms with van der Waals surface area (Å²) < 4.78 is 5.58. The van der Waals surface area contributed by atoms with Crippen molar-refractivity contribution < 1.29 is 9.53 Å². The largest absolute Gasteiger partial charge is 0.493 e. The van der Waals surface area contributed by atoms with Crippen molar-refractivity contribution in [2.75, 3.05) is 26.7 Å². The summed E-state index contributed by atoms with van der Waals surface area (Å²) in [5, 5.41) is 5.77. The summed E-state index contributed by atoms with van der Waals surface area (Å²) in [5.41, 5.74) is 1.20. The van der Waals surface area contributed by atoms with Crippen LogP contribution in [0.15, 0.2) is 24.3 Å². The van der Waals surface area contributed by atoms with Crippen LogP contribution in [-0.2, 0) is 4.79 Å². The summed E-state index contributed by atoms with van der Waals surface area (Å²) in [5.74, 6) is 1.35. The number of benzene rings is 1. The molecule has 0 aromatic heterocycles. The molecule has 0 spiro atoms. The number of fused-ring (bicyclic) bond motifs is 1. The van der Waals surface area contributed by atoms with Gasteiger partial charge in [-0.05, 0) is 25.1 Å². The highest BCUT2D eigenvalue weighted by Gasteiger charge is 2.21. The monoisotopic (exact) mass is 270 g/mol. The SMILES string of the molecule is CNCC(=O)NCC1CCOc2ccccc21.Cl. The molecule has 1 aromatic rings. The molecule has 5 heteroatoms. The van der Waals surface area contributed by atoms with Crippen LogP contribution in [0.3, 0.4) is 0 Å². The van der Waals surface area contributed by atoms with E-state index in [1.54, 1.807) is 7.05 Å². The van der Waals surface area contributed by atoms with E-state index in [1.807, 2.05) is 18.2 Å². The molecular formula is C13H19ClN2O2. The lowest BCUT2D eigenvalue weighted by Crippen LogP contribution is -2.35. The van der Waals surface area contributed by atoms with Crippen LogP contribution < -0.4 is 15.4 Å². The first-order chi connectivity index (χ1) is 8.31. The molecule has 1 aliphatic heterocycles. The lowest BCUT2D eigenvalue weighted by molar-refractivity contribution is -0.120. The standard InChI is InChI=1S/C13H18N2O2.ClH/c1-14-9-13(16)15-8-10-6-7-17-12-5-3-2-4-11(10)12;/h2-5,10,14H,6-9H2,1H3,(H,15,16);1H. The topological polar surface area (TPSA) is 50.4 Å². The fourth-order valence-electron chi connectivity index (χ4n) is 2.09. The average molecular weight is 271 g/mol. The number of rotatable bonds is 4. The first-order valence-corrected chi connectivity index (χ1v) is 5.94. The van der Waals surface area contributed by atoms with Crippen LogP contribution in [0.1, 0.15) is 17.9 Å². The minimum Gasteiger partial charge on any atom is -0.493 e. The summed E-state index contributed by atoms with van der Waals surface area (Å²) in [6.45, 7) is 1.77. The molecule has 1 atom stereocenters. The van der Waals surface area contributed by atoms with E-state index in [2.05, 4.69) is 16.7 Å². The molecule has 0 fully saturated rings. The smallest absolute Gasteiger partial charge is 0.233 e. The van der Waals surface area contributed by atoms with Gasteiger partial charge in [-0.3, -0.25) is 4.79 Å². The van der Waals surface area contributed by atoms with Crippen LogP contribution in [0.5, 0.6) is 5.75 Å². The predicted molar refractivity (Wildman–Crippen MR) is 73.5 cm³/mol. The number of ether oxygens (including phenoxy) is 1. The molecular weight excluding hydrogens is 252 g/mol. The zero-order chi connectivity index (χ0) is 12.1. The Hall–Kier alpha value is -1.26. The van der Waals surface area contributed by atoms with Crippen molar-refractivity contribution in [2.45, 2.75) is 12.3 Å². The number of hydrogen-bond acceptors (Lipinski definition) is 3. The molecule has 1 heterocycles. The Bertz CT molecular complexity index is 398. The highest BCUT2D eigenvalue weighted by atomic mass is 35.5. The lowest BCUT2D eigenvalue weighted by atomic mass is 9.93. The number of likely N-dealkylation sites (N-methyl/N-ethyl adjacent to an activating group) is 1. The fraction of sp³-hybridized carbons (Fsp3) is 0.462. The number of carbonyl (C=O) groups excluding carboxylic acids is 1. The minimum atomic E-state index is 0. The highest BCUT2D eigenvalue weighted by molar-refractivity contribution is 5.85. The third-order valence-corrected chi connectivity index (χ3v) is 2.97. The Kier molecular flexibility index (Phi) is 5.95. The van der Waals surface area contributed by atoms with Gasteiger partial charge in [0.15, 0.2) is 0 Å². The van der Waals surface area contributed by atoms with Crippen molar-refractivity contribution in [1.29, 1.82) is 0 Å². The molecule has 0 aliphatic carbocycles. The van der Waals surface area contributed by atoms with Gasteiger partial charge < -0.3 is 15.4 Å². The maximum atomic E-state index is 11.4. The van der Waals surface area contributed by atoms with Gasteiger partial charge in [-0.15, -0.1) is 12.4 Å². The van der Waals surface area contributed by atoms with E-state index in [0.29, 0.717) is 19.0 Å². The van der Waals surface area contributed by atoms with Crippen LogP contribution in [0.25, 0.3) is 0 Å². The van der Waals surface area contributed by atoms with Crippen LogP contribution in [-0.4, -0.2) is 32.7 Å². The molecule has 1 aliphatic rings. The summed E-state index contributed by atoms with van der Waals surface area (Å²) in [7, 11) is 1.77. The number of carbonyl (C=O) groups is 1. The van der Waals surface area contributed by atoms with E-state index >= 15 is 0 Å². The quantitative estimate of drug-likeness (QED) is 0.867. The molecule has 0 saturated heterocycles. The van der Waals surface area contributed by atoms with E-state index in [1.165, 1.54) is 5.56 Å². The van der Waals surface area contributed by atoms with Gasteiger partial charge in [0.05, 0.1) is 13.2 Å². The van der Waals surface area contributed by atoms with Gasteiger partial charge in [-0.1, -0.05) is 18.2 Å². The van der Waals surface area contributed by atoms with Gasteiger partial charge >= 0.3 is 0 Å². The van der Waals surface area contributed by atoms with Crippen molar-refractivity contribution in [1.82, 2.24) is 10.6 Å². The number of halogens is 1. The molecule has 0 radical (unpaired) electrons. The molecule has 2 rings (SSSR count). The predicted octanol–water partition coefficient (Wildman–Crippen LogP) is 1.31. The second kappa shape index (κ2) is 7.24. The summed E-state index contributed by atoms with van der Waals surface area (Å²) in [4.78, 5) is 11.4. The maximum absolute atomic E-state index is 11.4. The molecule has 4 nitrogen and oxygen atoms in total. The van der Waals surface area contributed by atoms with Crippen LogP contribution in [0, 0.1) is 0 Å². The van der Waals surface area contributed by atoms with Crippen molar-refractivity contribution in [3.63, 3.8) is 0 Å². The Morgan fingerprint density at radius 2 is 2.22 bits per heavy atom. The van der Waals surface area contributed by atoms with Gasteiger partial charge in [0, 0.05) is 12.5 Å². The van der Waals surface area contributed by atoms with Crippen molar-refractivity contribution in [3.05, 3.63) is 29.8 Å². The molecule has 0 bridgehead atoms. The third-order valence-electron chi connectivity index (χ3n) is 2.97. The van der Waals surface area contributed by atoms with Gasteiger partial charge in [0.1, 0.15) is 5.75 Å².